The van der Waals surface area contributed by atoms with Crippen LogP contribution in [0.5, 0.6) is 0 Å². The Bertz CT molecular complexity index is 1060. The van der Waals surface area contributed by atoms with Gasteiger partial charge in [-0.1, -0.05) is 56.6 Å². The van der Waals surface area contributed by atoms with Crippen molar-refractivity contribution in [2.24, 2.45) is 10.9 Å². The van der Waals surface area contributed by atoms with E-state index in [0.717, 1.165) is 34.2 Å². The Morgan fingerprint density at radius 3 is 2.46 bits per heavy atom. The van der Waals surface area contributed by atoms with Crippen molar-refractivity contribution < 1.29 is 0 Å². The van der Waals surface area contributed by atoms with Crippen LogP contribution in [-0.2, 0) is 0 Å². The lowest BCUT2D eigenvalue weighted by atomic mass is 9.88. The van der Waals surface area contributed by atoms with Gasteiger partial charge in [-0.15, -0.1) is 11.3 Å². The van der Waals surface area contributed by atoms with Gasteiger partial charge in [0.2, 0.25) is 0 Å². The summed E-state index contributed by atoms with van der Waals surface area (Å²) in [5.41, 5.74) is 2.53. The zero-order valence-electron chi connectivity index (χ0n) is 16.5. The molecule has 5 rings (SSSR count). The highest BCUT2D eigenvalue weighted by atomic mass is 32.1. The van der Waals surface area contributed by atoms with Crippen molar-refractivity contribution in [1.29, 1.82) is 0 Å². The second kappa shape index (κ2) is 7.94. The second-order valence-electron chi connectivity index (χ2n) is 8.64. The molecule has 0 saturated heterocycles. The molecule has 0 unspecified atom stereocenters. The molecule has 0 amide bonds. The molecule has 0 radical (unpaired) electrons. The first kappa shape index (κ1) is 18.3. The first-order valence-electron chi connectivity index (χ1n) is 11.1. The van der Waals surface area contributed by atoms with Crippen molar-refractivity contribution in [3.8, 4) is 0 Å². The molecular formula is C23H29N3OS. The number of hydrogen-bond donors (Lipinski definition) is 0. The topological polar surface area (TPSA) is 47.2 Å². The minimum absolute atomic E-state index is 0.148. The van der Waals surface area contributed by atoms with Crippen LogP contribution >= 0.6 is 11.3 Å². The van der Waals surface area contributed by atoms with Crippen LogP contribution in [0.25, 0.3) is 15.8 Å². The van der Waals surface area contributed by atoms with Gasteiger partial charge in [0.25, 0.3) is 5.56 Å². The van der Waals surface area contributed by atoms with Crippen LogP contribution in [0, 0.1) is 5.92 Å². The maximum Gasteiger partial charge on any atom is 0.271 e. The predicted octanol–water partition coefficient (Wildman–Crippen LogP) is 4.62. The number of rotatable bonds is 2. The van der Waals surface area contributed by atoms with Crippen LogP contribution in [0.2, 0.25) is 0 Å². The maximum absolute atomic E-state index is 13.3. The molecule has 4 nitrogen and oxygen atoms in total. The molecule has 0 spiro atoms. The Labute approximate surface area is 169 Å². The van der Waals surface area contributed by atoms with E-state index in [1.807, 2.05) is 17.1 Å². The van der Waals surface area contributed by atoms with Crippen LogP contribution in [0.15, 0.2) is 28.4 Å². The lowest BCUT2D eigenvalue weighted by Gasteiger charge is -2.23. The molecule has 1 aliphatic heterocycles. The molecule has 2 saturated carbocycles. The lowest BCUT2D eigenvalue weighted by Crippen LogP contribution is -2.28. The summed E-state index contributed by atoms with van der Waals surface area (Å²) in [6, 6.07) is 0.321. The van der Waals surface area contributed by atoms with Crippen molar-refractivity contribution in [2.45, 2.75) is 83.1 Å². The number of allylic oxidation sites excluding steroid dienone is 1. The van der Waals surface area contributed by atoms with Gasteiger partial charge in [-0.2, -0.15) is 0 Å². The second-order valence-corrected chi connectivity index (χ2v) is 9.64. The van der Waals surface area contributed by atoms with Gasteiger partial charge in [-0.05, 0) is 38.0 Å². The molecular weight excluding hydrogens is 366 g/mol. The lowest BCUT2D eigenvalue weighted by molar-refractivity contribution is 0.345. The summed E-state index contributed by atoms with van der Waals surface area (Å²) in [6.07, 6.45) is 20.7. The van der Waals surface area contributed by atoms with Gasteiger partial charge in [0, 0.05) is 17.5 Å². The third-order valence-electron chi connectivity index (χ3n) is 6.88. The summed E-state index contributed by atoms with van der Waals surface area (Å²) in [4.78, 5) is 22.9. The predicted molar refractivity (Wildman–Crippen MR) is 115 cm³/mol. The molecule has 0 N–H and O–H groups in total. The van der Waals surface area contributed by atoms with Gasteiger partial charge in [-0.3, -0.25) is 9.36 Å². The van der Waals surface area contributed by atoms with E-state index in [1.54, 1.807) is 11.3 Å². The van der Waals surface area contributed by atoms with Crippen LogP contribution < -0.4 is 15.4 Å². The third-order valence-corrected chi connectivity index (χ3v) is 7.95. The van der Waals surface area contributed by atoms with Crippen molar-refractivity contribution >= 4 is 27.1 Å². The highest BCUT2D eigenvalue weighted by Gasteiger charge is 2.23. The normalized spacial score (nSPS) is 21.9. The highest BCUT2D eigenvalue weighted by molar-refractivity contribution is 7.16. The zero-order valence-corrected chi connectivity index (χ0v) is 17.3. The molecule has 2 aromatic rings. The Morgan fingerprint density at radius 1 is 0.964 bits per heavy atom. The van der Waals surface area contributed by atoms with E-state index in [2.05, 4.69) is 6.08 Å². The fourth-order valence-corrected chi connectivity index (χ4v) is 6.45. The Morgan fingerprint density at radius 2 is 1.68 bits per heavy atom. The molecule has 3 aliphatic rings. The summed E-state index contributed by atoms with van der Waals surface area (Å²) < 4.78 is 3.72. The quantitative estimate of drug-likeness (QED) is 0.697. The van der Waals surface area contributed by atoms with Gasteiger partial charge in [0.15, 0.2) is 0 Å². The molecule has 0 bridgehead atoms. The van der Waals surface area contributed by atoms with E-state index in [-0.39, 0.29) is 5.56 Å². The Hall–Kier alpha value is -1.75. The molecule has 148 valence electrons. The van der Waals surface area contributed by atoms with Crippen LogP contribution in [0.4, 0.5) is 0 Å². The smallest absolute Gasteiger partial charge is 0.271 e. The van der Waals surface area contributed by atoms with Crippen LogP contribution in [0.1, 0.15) is 83.1 Å². The Kier molecular flexibility index (Phi) is 5.19. The molecule has 0 aromatic carbocycles. The van der Waals surface area contributed by atoms with Gasteiger partial charge in [0.05, 0.1) is 11.8 Å². The van der Waals surface area contributed by atoms with Gasteiger partial charge >= 0.3 is 0 Å². The monoisotopic (exact) mass is 395 g/mol. The number of hydrogen-bond acceptors (Lipinski definition) is 4. The largest absolute Gasteiger partial charge is 0.295 e. The average Bonchev–Trinajstić information content (AvgIpc) is 2.89. The van der Waals surface area contributed by atoms with Crippen molar-refractivity contribution in [3.63, 3.8) is 0 Å². The number of aromatic nitrogens is 2. The summed E-state index contributed by atoms with van der Waals surface area (Å²) >= 11 is 1.56. The molecule has 0 atom stereocenters. The van der Waals surface area contributed by atoms with E-state index >= 15 is 0 Å². The minimum Gasteiger partial charge on any atom is -0.295 e. The summed E-state index contributed by atoms with van der Waals surface area (Å²) in [5, 5.41) is 1.18. The van der Waals surface area contributed by atoms with E-state index < -0.39 is 0 Å². The summed E-state index contributed by atoms with van der Waals surface area (Å²) in [6.45, 7) is 0. The molecule has 3 heterocycles. The zero-order chi connectivity index (χ0) is 18.9. The number of fused-ring (bicyclic) bond motifs is 3. The SMILES string of the molecule is O=c1c2sc3c(c2ncn1C1CCCCC1)=C(C1CCCCCC1)CC=CN=3. The summed E-state index contributed by atoms with van der Waals surface area (Å²) in [7, 11) is 0. The first-order valence-corrected chi connectivity index (χ1v) is 11.9. The van der Waals surface area contributed by atoms with E-state index in [0.29, 0.717) is 12.0 Å². The molecule has 5 heteroatoms. The van der Waals surface area contributed by atoms with Crippen molar-refractivity contribution in [3.05, 3.63) is 38.8 Å². The highest BCUT2D eigenvalue weighted by Crippen LogP contribution is 2.32. The summed E-state index contributed by atoms with van der Waals surface area (Å²) in [5.74, 6) is 0.611. The maximum atomic E-state index is 13.3. The molecule has 2 fully saturated rings. The molecule has 28 heavy (non-hydrogen) atoms. The third kappa shape index (κ3) is 3.28. The van der Waals surface area contributed by atoms with E-state index in [1.165, 1.54) is 68.6 Å². The standard InChI is InChI=1S/C23H29N3OS/c27-23-21-20(25-15-26(23)17-11-6-3-7-12-17)19-18(13-8-14-24-22(19)28-21)16-9-4-1-2-5-10-16/h8,14-17H,1-7,9-13H2. The van der Waals surface area contributed by atoms with Gasteiger partial charge in [-0.25, -0.2) is 9.98 Å². The average molecular weight is 396 g/mol. The Balaban J connectivity index is 1.70. The fourth-order valence-electron chi connectivity index (χ4n) is 5.37. The van der Waals surface area contributed by atoms with Gasteiger partial charge in [0.1, 0.15) is 9.37 Å². The van der Waals surface area contributed by atoms with Crippen molar-refractivity contribution in [1.82, 2.24) is 9.55 Å². The molecule has 2 aromatic heterocycles. The fraction of sp³-hybridized carbons (Fsp3) is 0.609. The van der Waals surface area contributed by atoms with E-state index in [9.17, 15) is 4.79 Å². The van der Waals surface area contributed by atoms with E-state index in [4.69, 9.17) is 9.98 Å². The van der Waals surface area contributed by atoms with Crippen LogP contribution in [0.3, 0.4) is 0 Å². The van der Waals surface area contributed by atoms with Gasteiger partial charge < -0.3 is 0 Å². The first-order chi connectivity index (χ1) is 13.8. The van der Waals surface area contributed by atoms with Crippen molar-refractivity contribution in [2.75, 3.05) is 0 Å². The number of thiophene rings is 1. The minimum atomic E-state index is 0.148. The number of nitrogens with zero attached hydrogens (tertiary/aromatic N) is 3. The van der Waals surface area contributed by atoms with Crippen LogP contribution in [-0.4, -0.2) is 9.55 Å². The molecule has 2 aliphatic carbocycles.